The average molecular weight is 468 g/mol. The lowest BCUT2D eigenvalue weighted by Gasteiger charge is -2.29. The summed E-state index contributed by atoms with van der Waals surface area (Å²) in [6.45, 7) is 2.55. The van der Waals surface area contributed by atoms with Gasteiger partial charge in [-0.2, -0.15) is 0 Å². The second kappa shape index (κ2) is 10.4. The number of amidine groups is 1. The molecule has 33 heavy (non-hydrogen) atoms. The number of pyridine rings is 1. The number of ether oxygens (including phenoxy) is 1. The lowest BCUT2D eigenvalue weighted by atomic mass is 10.1. The van der Waals surface area contributed by atoms with Crippen LogP contribution in [0.25, 0.3) is 0 Å². The van der Waals surface area contributed by atoms with Crippen LogP contribution in [-0.2, 0) is 11.3 Å². The third-order valence-corrected chi connectivity index (χ3v) is 5.49. The topological polar surface area (TPSA) is 90.3 Å². The number of amides is 1. The standard InChI is InChI=1S/C24H23ClFN5O2/c25-18-7-8-22(29-15-18)30-24(32)19-3-1-2-4-21(19)28-14-17-6-5-16(13-20(17)26)23(27)31-9-11-33-12-10-31/h1-8,13,15,27-28H,9-12,14H2,(H,29,30,32). The Hall–Kier alpha value is -3.49. The van der Waals surface area contributed by atoms with Crippen molar-refractivity contribution in [2.75, 3.05) is 36.9 Å². The normalized spacial score (nSPS) is 13.5. The second-order valence-corrected chi connectivity index (χ2v) is 7.91. The Morgan fingerprint density at radius 1 is 1.15 bits per heavy atom. The van der Waals surface area contributed by atoms with Crippen molar-refractivity contribution in [2.24, 2.45) is 0 Å². The number of hydrogen-bond acceptors (Lipinski definition) is 5. The van der Waals surface area contributed by atoms with Crippen LogP contribution in [0.3, 0.4) is 0 Å². The quantitative estimate of drug-likeness (QED) is 0.369. The fourth-order valence-electron chi connectivity index (χ4n) is 3.47. The minimum absolute atomic E-state index is 0.181. The molecule has 2 heterocycles. The molecule has 7 nitrogen and oxygen atoms in total. The van der Waals surface area contributed by atoms with Crippen molar-refractivity contribution in [3.63, 3.8) is 0 Å². The molecule has 0 atom stereocenters. The first-order valence-electron chi connectivity index (χ1n) is 10.5. The van der Waals surface area contributed by atoms with E-state index < -0.39 is 5.82 Å². The summed E-state index contributed by atoms with van der Waals surface area (Å²) in [5, 5.41) is 14.7. The number of hydrogen-bond donors (Lipinski definition) is 3. The molecule has 170 valence electrons. The van der Waals surface area contributed by atoms with E-state index in [4.69, 9.17) is 21.7 Å². The summed E-state index contributed by atoms with van der Waals surface area (Å²) >= 11 is 5.83. The van der Waals surface area contributed by atoms with Gasteiger partial charge >= 0.3 is 0 Å². The number of aromatic nitrogens is 1. The molecule has 0 saturated carbocycles. The van der Waals surface area contributed by atoms with Gasteiger partial charge < -0.3 is 20.3 Å². The second-order valence-electron chi connectivity index (χ2n) is 7.47. The molecular formula is C24H23ClFN5O2. The number of rotatable bonds is 6. The molecule has 4 rings (SSSR count). The molecule has 1 amide bonds. The van der Waals surface area contributed by atoms with E-state index >= 15 is 0 Å². The molecule has 1 fully saturated rings. The van der Waals surface area contributed by atoms with Crippen molar-refractivity contribution in [2.45, 2.75) is 6.54 Å². The van der Waals surface area contributed by atoms with Crippen molar-refractivity contribution in [3.8, 4) is 0 Å². The SMILES string of the molecule is N=C(c1ccc(CNc2ccccc2C(=O)Nc2ccc(Cl)cn2)c(F)c1)N1CCOCC1. The van der Waals surface area contributed by atoms with E-state index in [1.165, 1.54) is 12.3 Å². The highest BCUT2D eigenvalue weighted by molar-refractivity contribution is 6.30. The third kappa shape index (κ3) is 5.66. The molecule has 1 aliphatic rings. The third-order valence-electron chi connectivity index (χ3n) is 5.26. The molecule has 1 aliphatic heterocycles. The number of carbonyl (C=O) groups is 1. The summed E-state index contributed by atoms with van der Waals surface area (Å²) in [7, 11) is 0. The van der Waals surface area contributed by atoms with Crippen LogP contribution in [0.15, 0.2) is 60.8 Å². The largest absolute Gasteiger partial charge is 0.380 e. The van der Waals surface area contributed by atoms with E-state index in [0.717, 1.165) is 0 Å². The van der Waals surface area contributed by atoms with Gasteiger partial charge in [0.1, 0.15) is 17.5 Å². The first-order chi connectivity index (χ1) is 16.0. The fourth-order valence-corrected chi connectivity index (χ4v) is 3.58. The van der Waals surface area contributed by atoms with Crippen molar-refractivity contribution >= 4 is 34.8 Å². The van der Waals surface area contributed by atoms with Crippen LogP contribution < -0.4 is 10.6 Å². The molecule has 9 heteroatoms. The van der Waals surface area contributed by atoms with E-state index in [2.05, 4.69) is 15.6 Å². The Balaban J connectivity index is 1.43. The zero-order valence-corrected chi connectivity index (χ0v) is 18.5. The molecule has 0 aliphatic carbocycles. The van der Waals surface area contributed by atoms with Crippen LogP contribution in [0.4, 0.5) is 15.9 Å². The zero-order valence-electron chi connectivity index (χ0n) is 17.8. The van der Waals surface area contributed by atoms with Gasteiger partial charge in [-0.15, -0.1) is 0 Å². The lowest BCUT2D eigenvalue weighted by Crippen LogP contribution is -2.40. The zero-order chi connectivity index (χ0) is 23.2. The number of para-hydroxylation sites is 1. The Kier molecular flexibility index (Phi) is 7.16. The van der Waals surface area contributed by atoms with Gasteiger partial charge in [0.15, 0.2) is 0 Å². The number of nitrogens with one attached hydrogen (secondary N) is 3. The van der Waals surface area contributed by atoms with Gasteiger partial charge in [-0.3, -0.25) is 10.2 Å². The molecule has 0 spiro atoms. The smallest absolute Gasteiger partial charge is 0.258 e. The van der Waals surface area contributed by atoms with Crippen LogP contribution in [0.5, 0.6) is 0 Å². The lowest BCUT2D eigenvalue weighted by molar-refractivity contribution is 0.0680. The van der Waals surface area contributed by atoms with Crippen LogP contribution in [-0.4, -0.2) is 47.9 Å². The molecule has 1 saturated heterocycles. The van der Waals surface area contributed by atoms with E-state index in [0.29, 0.717) is 59.5 Å². The summed E-state index contributed by atoms with van der Waals surface area (Å²) in [4.78, 5) is 18.7. The predicted octanol–water partition coefficient (Wildman–Crippen LogP) is 4.40. The van der Waals surface area contributed by atoms with E-state index in [1.54, 1.807) is 48.5 Å². The number of nitrogens with zero attached hydrogens (tertiary/aromatic N) is 2. The van der Waals surface area contributed by atoms with Gasteiger partial charge in [0, 0.05) is 42.6 Å². The summed E-state index contributed by atoms with van der Waals surface area (Å²) < 4.78 is 20.1. The molecule has 3 N–H and O–H groups in total. The van der Waals surface area contributed by atoms with Crippen LogP contribution in [0, 0.1) is 11.2 Å². The van der Waals surface area contributed by atoms with Gasteiger partial charge in [0.05, 0.1) is 23.8 Å². The minimum Gasteiger partial charge on any atom is -0.380 e. The number of carbonyl (C=O) groups excluding carboxylic acids is 1. The predicted molar refractivity (Wildman–Crippen MR) is 127 cm³/mol. The van der Waals surface area contributed by atoms with Crippen molar-refractivity contribution in [1.82, 2.24) is 9.88 Å². The van der Waals surface area contributed by atoms with Gasteiger partial charge in [0.2, 0.25) is 0 Å². The Morgan fingerprint density at radius 2 is 1.94 bits per heavy atom. The number of benzene rings is 2. The van der Waals surface area contributed by atoms with Gasteiger partial charge in [-0.1, -0.05) is 35.9 Å². The number of anilines is 2. The van der Waals surface area contributed by atoms with E-state index in [1.807, 2.05) is 4.90 Å². The highest BCUT2D eigenvalue weighted by Gasteiger charge is 2.17. The maximum atomic E-state index is 14.8. The number of morpholine rings is 1. The summed E-state index contributed by atoms with van der Waals surface area (Å²) in [5.41, 5.74) is 1.92. The molecule has 2 aromatic carbocycles. The molecule has 0 unspecified atom stereocenters. The Morgan fingerprint density at radius 3 is 2.67 bits per heavy atom. The van der Waals surface area contributed by atoms with Crippen molar-refractivity contribution in [3.05, 3.63) is 88.3 Å². The fraction of sp³-hybridized carbons (Fsp3) is 0.208. The summed E-state index contributed by atoms with van der Waals surface area (Å²) in [6, 6.07) is 15.0. The Bertz CT molecular complexity index is 1150. The van der Waals surface area contributed by atoms with Gasteiger partial charge in [0.25, 0.3) is 5.91 Å². The minimum atomic E-state index is -0.412. The van der Waals surface area contributed by atoms with Crippen molar-refractivity contribution < 1.29 is 13.9 Å². The first-order valence-corrected chi connectivity index (χ1v) is 10.8. The highest BCUT2D eigenvalue weighted by atomic mass is 35.5. The average Bonchev–Trinajstić information content (AvgIpc) is 2.85. The summed E-state index contributed by atoms with van der Waals surface area (Å²) in [6.07, 6.45) is 1.45. The maximum absolute atomic E-state index is 14.8. The van der Waals surface area contributed by atoms with Crippen LogP contribution >= 0.6 is 11.6 Å². The molecule has 3 aromatic rings. The highest BCUT2D eigenvalue weighted by Crippen LogP contribution is 2.20. The molecule has 0 bridgehead atoms. The molecular weight excluding hydrogens is 445 g/mol. The van der Waals surface area contributed by atoms with E-state index in [9.17, 15) is 9.18 Å². The first kappa shape index (κ1) is 22.7. The maximum Gasteiger partial charge on any atom is 0.258 e. The van der Waals surface area contributed by atoms with Crippen LogP contribution in [0.1, 0.15) is 21.5 Å². The van der Waals surface area contributed by atoms with Gasteiger partial charge in [-0.25, -0.2) is 9.37 Å². The molecule has 1 aromatic heterocycles. The monoisotopic (exact) mass is 467 g/mol. The summed E-state index contributed by atoms with van der Waals surface area (Å²) in [5.74, 6) is -0.0916. The van der Waals surface area contributed by atoms with Gasteiger partial charge in [-0.05, 0) is 30.3 Å². The number of halogens is 2. The van der Waals surface area contributed by atoms with E-state index in [-0.39, 0.29) is 18.3 Å². The molecule has 0 radical (unpaired) electrons. The van der Waals surface area contributed by atoms with Crippen LogP contribution in [0.2, 0.25) is 5.02 Å². The Labute approximate surface area is 196 Å². The van der Waals surface area contributed by atoms with Crippen molar-refractivity contribution in [1.29, 1.82) is 5.41 Å².